The molecule has 0 spiro atoms. The average Bonchev–Trinajstić information content (AvgIpc) is 1.80. The molecule has 5 heteroatoms. The first kappa shape index (κ1) is 7.19. The lowest BCUT2D eigenvalue weighted by atomic mass is 10.6. The molecule has 1 rings (SSSR count). The number of rotatable bonds is 0. The summed E-state index contributed by atoms with van der Waals surface area (Å²) in [5.74, 6) is 0. The summed E-state index contributed by atoms with van der Waals surface area (Å²) in [5.41, 5.74) is 0. The van der Waals surface area contributed by atoms with Crippen LogP contribution in [-0.2, 0) is 0 Å². The standard InChI is InChI=1S/C4H3Cl3N2/c5-3-1-2-9(7)4(6)8-3/h1H,2H2. The largest absolute Gasteiger partial charge is 0.255 e. The van der Waals surface area contributed by atoms with E-state index in [9.17, 15) is 0 Å². The quantitative estimate of drug-likeness (QED) is 0.417. The Labute approximate surface area is 67.8 Å². The van der Waals surface area contributed by atoms with E-state index >= 15 is 0 Å². The topological polar surface area (TPSA) is 15.6 Å². The maximum absolute atomic E-state index is 5.50. The van der Waals surface area contributed by atoms with Crippen LogP contribution in [0.5, 0.6) is 0 Å². The van der Waals surface area contributed by atoms with Crippen molar-refractivity contribution in [3.05, 3.63) is 11.2 Å². The van der Waals surface area contributed by atoms with Crippen LogP contribution >= 0.6 is 35.0 Å². The fraction of sp³-hybridized carbons (Fsp3) is 0.250. The van der Waals surface area contributed by atoms with E-state index in [4.69, 9.17) is 35.0 Å². The lowest BCUT2D eigenvalue weighted by Gasteiger charge is -2.13. The van der Waals surface area contributed by atoms with Crippen molar-refractivity contribution in [2.75, 3.05) is 6.54 Å². The Bertz CT molecular complexity index is 175. The van der Waals surface area contributed by atoms with E-state index in [2.05, 4.69) is 4.99 Å². The summed E-state index contributed by atoms with van der Waals surface area (Å²) in [6.45, 7) is 0.503. The first-order valence-electron chi connectivity index (χ1n) is 2.23. The zero-order valence-corrected chi connectivity index (χ0v) is 6.58. The fourth-order valence-electron chi connectivity index (χ4n) is 0.419. The third-order valence-electron chi connectivity index (χ3n) is 0.819. The van der Waals surface area contributed by atoms with Crippen LogP contribution in [0.15, 0.2) is 16.2 Å². The van der Waals surface area contributed by atoms with Gasteiger partial charge in [-0.05, 0) is 17.7 Å². The number of nitrogens with zero attached hydrogens (tertiary/aromatic N) is 2. The van der Waals surface area contributed by atoms with Gasteiger partial charge in [0.2, 0.25) is 5.29 Å². The third kappa shape index (κ3) is 1.75. The maximum Gasteiger partial charge on any atom is 0.215 e. The van der Waals surface area contributed by atoms with Crippen molar-refractivity contribution in [3.8, 4) is 0 Å². The summed E-state index contributed by atoms with van der Waals surface area (Å²) < 4.78 is 1.27. The highest BCUT2D eigenvalue weighted by molar-refractivity contribution is 6.67. The molecule has 0 saturated heterocycles. The summed E-state index contributed by atoms with van der Waals surface area (Å²) in [7, 11) is 0. The van der Waals surface area contributed by atoms with E-state index in [0.29, 0.717) is 11.7 Å². The van der Waals surface area contributed by atoms with Crippen LogP contribution in [-0.4, -0.2) is 16.3 Å². The van der Waals surface area contributed by atoms with Crippen molar-refractivity contribution >= 4 is 40.3 Å². The van der Waals surface area contributed by atoms with Crippen LogP contribution in [0.25, 0.3) is 0 Å². The third-order valence-corrected chi connectivity index (χ3v) is 1.73. The summed E-state index contributed by atoms with van der Waals surface area (Å²) in [6.07, 6.45) is 1.67. The maximum atomic E-state index is 5.50. The van der Waals surface area contributed by atoms with Crippen LogP contribution in [0.3, 0.4) is 0 Å². The molecule has 50 valence electrons. The zero-order valence-electron chi connectivity index (χ0n) is 4.31. The molecule has 0 atom stereocenters. The van der Waals surface area contributed by atoms with Gasteiger partial charge in [0.1, 0.15) is 5.16 Å². The van der Waals surface area contributed by atoms with E-state index in [1.807, 2.05) is 0 Å². The monoisotopic (exact) mass is 184 g/mol. The molecule has 0 N–H and O–H groups in total. The van der Waals surface area contributed by atoms with Gasteiger partial charge in [-0.2, -0.15) is 0 Å². The predicted molar refractivity (Wildman–Crippen MR) is 39.8 cm³/mol. The van der Waals surface area contributed by atoms with Crippen LogP contribution < -0.4 is 0 Å². The van der Waals surface area contributed by atoms with Crippen molar-refractivity contribution in [3.63, 3.8) is 0 Å². The molecule has 2 nitrogen and oxygen atoms in total. The molecule has 0 aromatic heterocycles. The van der Waals surface area contributed by atoms with Gasteiger partial charge in [0.25, 0.3) is 0 Å². The molecule has 0 radical (unpaired) electrons. The van der Waals surface area contributed by atoms with Crippen molar-refractivity contribution in [2.45, 2.75) is 0 Å². The van der Waals surface area contributed by atoms with Gasteiger partial charge in [0.15, 0.2) is 0 Å². The van der Waals surface area contributed by atoms with Crippen molar-refractivity contribution in [1.82, 2.24) is 4.42 Å². The molecule has 0 bridgehead atoms. The van der Waals surface area contributed by atoms with E-state index in [0.717, 1.165) is 0 Å². The Morgan fingerprint density at radius 1 is 1.56 bits per heavy atom. The van der Waals surface area contributed by atoms with Gasteiger partial charge in [-0.1, -0.05) is 11.6 Å². The second-order valence-electron chi connectivity index (χ2n) is 1.45. The Hall–Kier alpha value is 0.0800. The van der Waals surface area contributed by atoms with Gasteiger partial charge in [-0.25, -0.2) is 4.99 Å². The van der Waals surface area contributed by atoms with Crippen molar-refractivity contribution in [1.29, 1.82) is 0 Å². The first-order chi connectivity index (χ1) is 4.20. The van der Waals surface area contributed by atoms with Crippen molar-refractivity contribution < 1.29 is 0 Å². The van der Waals surface area contributed by atoms with Crippen molar-refractivity contribution in [2.24, 2.45) is 4.99 Å². The van der Waals surface area contributed by atoms with E-state index in [1.165, 1.54) is 4.42 Å². The van der Waals surface area contributed by atoms with E-state index < -0.39 is 0 Å². The molecule has 0 unspecified atom stereocenters. The lowest BCUT2D eigenvalue weighted by Crippen LogP contribution is -2.19. The predicted octanol–water partition coefficient (Wildman–Crippen LogP) is 2.13. The second kappa shape index (κ2) is 2.78. The summed E-state index contributed by atoms with van der Waals surface area (Å²) in [5, 5.41) is 0.598. The lowest BCUT2D eigenvalue weighted by molar-refractivity contribution is 0.736. The van der Waals surface area contributed by atoms with Crippen LogP contribution in [0.1, 0.15) is 0 Å². The molecule has 1 aliphatic heterocycles. The molecule has 0 aliphatic carbocycles. The van der Waals surface area contributed by atoms with Gasteiger partial charge < -0.3 is 0 Å². The van der Waals surface area contributed by atoms with Gasteiger partial charge in [0, 0.05) is 11.8 Å². The van der Waals surface area contributed by atoms with E-state index in [1.54, 1.807) is 6.08 Å². The van der Waals surface area contributed by atoms with Gasteiger partial charge >= 0.3 is 0 Å². The highest BCUT2D eigenvalue weighted by Crippen LogP contribution is 2.14. The SMILES string of the molecule is ClC1=CCN(Cl)C(Cl)=N1. The van der Waals surface area contributed by atoms with Gasteiger partial charge in [-0.15, -0.1) is 0 Å². The number of halogens is 3. The molecule has 0 fully saturated rings. The smallest absolute Gasteiger partial charge is 0.215 e. The van der Waals surface area contributed by atoms with Gasteiger partial charge in [0.05, 0.1) is 6.54 Å². The van der Waals surface area contributed by atoms with Crippen LogP contribution in [0, 0.1) is 0 Å². The Balaban J connectivity index is 2.74. The second-order valence-corrected chi connectivity index (χ2v) is 2.59. The zero-order chi connectivity index (χ0) is 6.85. The summed E-state index contributed by atoms with van der Waals surface area (Å²) in [4.78, 5) is 3.67. The molecule has 0 aromatic carbocycles. The Morgan fingerprint density at radius 2 is 2.22 bits per heavy atom. The Kier molecular flexibility index (Phi) is 2.22. The molecule has 0 aromatic rings. The molecule has 9 heavy (non-hydrogen) atoms. The van der Waals surface area contributed by atoms with Gasteiger partial charge in [-0.3, -0.25) is 4.42 Å². The highest BCUT2D eigenvalue weighted by atomic mass is 35.5. The molecular formula is C4H3Cl3N2. The minimum Gasteiger partial charge on any atom is -0.255 e. The number of hydrogen-bond acceptors (Lipinski definition) is 2. The number of aliphatic imine (C=N–C) groups is 1. The normalized spacial score (nSPS) is 19.2. The first-order valence-corrected chi connectivity index (χ1v) is 3.32. The van der Waals surface area contributed by atoms with E-state index in [-0.39, 0.29) is 5.29 Å². The number of amidine groups is 1. The summed E-state index contributed by atoms with van der Waals surface area (Å²) >= 11 is 16.5. The summed E-state index contributed by atoms with van der Waals surface area (Å²) in [6, 6.07) is 0. The molecule has 0 amide bonds. The average molecular weight is 185 g/mol. The Morgan fingerprint density at radius 3 is 2.67 bits per heavy atom. The number of hydrogen-bond donors (Lipinski definition) is 0. The molecule has 1 aliphatic rings. The molecule has 0 saturated carbocycles. The van der Waals surface area contributed by atoms with Crippen LogP contribution in [0.2, 0.25) is 0 Å². The fourth-order valence-corrected chi connectivity index (χ4v) is 0.878. The van der Waals surface area contributed by atoms with Crippen LogP contribution in [0.4, 0.5) is 0 Å². The minimum absolute atomic E-state index is 0.212. The highest BCUT2D eigenvalue weighted by Gasteiger charge is 2.08. The minimum atomic E-state index is 0.212. The molecular weight excluding hydrogens is 182 g/mol. The molecule has 1 heterocycles.